The number of aromatic nitrogens is 2. The Balaban J connectivity index is 2.18. The quantitative estimate of drug-likeness (QED) is 0.814. The van der Waals surface area contributed by atoms with E-state index < -0.39 is 10.0 Å². The molecule has 7 heteroatoms. The van der Waals surface area contributed by atoms with E-state index in [-0.39, 0.29) is 10.4 Å². The molecular weight excluding hydrogens is 282 g/mol. The summed E-state index contributed by atoms with van der Waals surface area (Å²) in [5.41, 5.74) is -0.296. The predicted molar refractivity (Wildman–Crippen MR) is 59.3 cm³/mol. The molecule has 1 heterocycles. The number of alkyl halides is 1. The van der Waals surface area contributed by atoms with Gasteiger partial charge in [0, 0.05) is 17.1 Å². The van der Waals surface area contributed by atoms with E-state index in [9.17, 15) is 8.42 Å². The Morgan fingerprint density at radius 1 is 1.60 bits per heavy atom. The highest BCUT2D eigenvalue weighted by Gasteiger charge is 2.39. The fraction of sp³-hybridized carbons (Fsp3) is 0.625. The van der Waals surface area contributed by atoms with E-state index in [0.717, 1.165) is 19.3 Å². The molecule has 1 aromatic heterocycles. The first kappa shape index (κ1) is 11.1. The molecule has 0 saturated heterocycles. The SMILES string of the molecule is O=S(=O)(NC1(CBr)CCC1)c1cn[nH]c1. The number of hydrogen-bond donors (Lipinski definition) is 2. The van der Waals surface area contributed by atoms with Gasteiger partial charge in [-0.3, -0.25) is 5.10 Å². The zero-order chi connectivity index (χ0) is 10.9. The summed E-state index contributed by atoms with van der Waals surface area (Å²) in [5, 5.41) is 6.78. The number of H-pyrrole nitrogens is 1. The maximum absolute atomic E-state index is 11.9. The molecule has 1 aromatic rings. The zero-order valence-corrected chi connectivity index (χ0v) is 10.4. The van der Waals surface area contributed by atoms with Crippen molar-refractivity contribution < 1.29 is 8.42 Å². The minimum atomic E-state index is -3.42. The Hall–Kier alpha value is -0.400. The first-order chi connectivity index (χ1) is 7.08. The molecule has 0 aromatic carbocycles. The molecule has 0 bridgehead atoms. The highest BCUT2D eigenvalue weighted by atomic mass is 79.9. The van der Waals surface area contributed by atoms with Crippen LogP contribution in [0, 0.1) is 0 Å². The van der Waals surface area contributed by atoms with Crippen LogP contribution in [-0.2, 0) is 10.0 Å². The summed E-state index contributed by atoms with van der Waals surface area (Å²) in [5.74, 6) is 0. The van der Waals surface area contributed by atoms with Gasteiger partial charge in [-0.25, -0.2) is 13.1 Å². The van der Waals surface area contributed by atoms with Gasteiger partial charge in [0.1, 0.15) is 4.90 Å². The number of nitrogens with zero attached hydrogens (tertiary/aromatic N) is 1. The molecule has 2 rings (SSSR count). The maximum Gasteiger partial charge on any atom is 0.244 e. The van der Waals surface area contributed by atoms with Crippen LogP contribution in [0.25, 0.3) is 0 Å². The number of hydrogen-bond acceptors (Lipinski definition) is 3. The third kappa shape index (κ3) is 2.09. The monoisotopic (exact) mass is 293 g/mol. The Morgan fingerprint density at radius 2 is 2.33 bits per heavy atom. The third-order valence-corrected chi connectivity index (χ3v) is 5.32. The summed E-state index contributed by atoms with van der Waals surface area (Å²) in [6.45, 7) is 0. The normalized spacial score (nSPS) is 19.8. The van der Waals surface area contributed by atoms with Crippen molar-refractivity contribution in [2.75, 3.05) is 5.33 Å². The number of nitrogens with one attached hydrogen (secondary N) is 2. The van der Waals surface area contributed by atoms with E-state index in [1.165, 1.54) is 12.4 Å². The van der Waals surface area contributed by atoms with E-state index >= 15 is 0 Å². The molecule has 84 valence electrons. The molecule has 0 atom stereocenters. The van der Waals surface area contributed by atoms with Crippen LogP contribution in [0.3, 0.4) is 0 Å². The predicted octanol–water partition coefficient (Wildman–Crippen LogP) is 1.01. The van der Waals surface area contributed by atoms with E-state index in [1.54, 1.807) is 0 Å². The number of rotatable bonds is 4. The summed E-state index contributed by atoms with van der Waals surface area (Å²) in [6.07, 6.45) is 5.52. The van der Waals surface area contributed by atoms with Crippen molar-refractivity contribution >= 4 is 26.0 Å². The molecule has 0 spiro atoms. The van der Waals surface area contributed by atoms with Gasteiger partial charge in [-0.1, -0.05) is 15.9 Å². The van der Waals surface area contributed by atoms with Gasteiger partial charge in [-0.2, -0.15) is 5.10 Å². The summed E-state index contributed by atoms with van der Waals surface area (Å²) in [4.78, 5) is 0.190. The molecule has 0 unspecified atom stereocenters. The highest BCUT2D eigenvalue weighted by molar-refractivity contribution is 9.09. The van der Waals surface area contributed by atoms with Crippen LogP contribution in [0.15, 0.2) is 17.3 Å². The van der Waals surface area contributed by atoms with E-state index in [4.69, 9.17) is 0 Å². The summed E-state index contributed by atoms with van der Waals surface area (Å²) in [7, 11) is -3.42. The van der Waals surface area contributed by atoms with E-state index in [1.807, 2.05) is 0 Å². The Bertz CT molecular complexity index is 419. The Morgan fingerprint density at radius 3 is 2.73 bits per heavy atom. The topological polar surface area (TPSA) is 74.8 Å². The van der Waals surface area contributed by atoms with Gasteiger partial charge >= 0.3 is 0 Å². The van der Waals surface area contributed by atoms with Gasteiger partial charge in [-0.15, -0.1) is 0 Å². The first-order valence-corrected chi connectivity index (χ1v) is 7.27. The number of sulfonamides is 1. The Kier molecular flexibility index (Phi) is 2.87. The van der Waals surface area contributed by atoms with Crippen molar-refractivity contribution in [3.8, 4) is 0 Å². The van der Waals surface area contributed by atoms with Gasteiger partial charge < -0.3 is 0 Å². The van der Waals surface area contributed by atoms with Crippen molar-refractivity contribution in [3.05, 3.63) is 12.4 Å². The molecule has 2 N–H and O–H groups in total. The summed E-state index contributed by atoms with van der Waals surface area (Å²) < 4.78 is 26.5. The first-order valence-electron chi connectivity index (χ1n) is 4.67. The standard InChI is InChI=1S/C8H12BrN3O2S/c9-6-8(2-1-3-8)12-15(13,14)7-4-10-11-5-7/h4-5,12H,1-3,6H2,(H,10,11). The average Bonchev–Trinajstić information content (AvgIpc) is 2.64. The fourth-order valence-corrected chi connectivity index (χ4v) is 3.85. The summed E-state index contributed by atoms with van der Waals surface area (Å²) >= 11 is 3.35. The van der Waals surface area contributed by atoms with Gasteiger partial charge in [-0.05, 0) is 19.3 Å². The van der Waals surface area contributed by atoms with Gasteiger partial charge in [0.05, 0.1) is 6.20 Å². The lowest BCUT2D eigenvalue weighted by atomic mass is 9.80. The fourth-order valence-electron chi connectivity index (χ4n) is 1.60. The van der Waals surface area contributed by atoms with Gasteiger partial charge in [0.2, 0.25) is 10.0 Å². The van der Waals surface area contributed by atoms with E-state index in [2.05, 4.69) is 30.8 Å². The second-order valence-electron chi connectivity index (χ2n) is 3.81. The molecule has 1 aliphatic carbocycles. The molecule has 0 aliphatic heterocycles. The van der Waals surface area contributed by atoms with Crippen LogP contribution in [0.1, 0.15) is 19.3 Å². The minimum Gasteiger partial charge on any atom is -0.284 e. The van der Waals surface area contributed by atoms with Crippen molar-refractivity contribution in [3.63, 3.8) is 0 Å². The lowest BCUT2D eigenvalue weighted by molar-refractivity contribution is 0.256. The minimum absolute atomic E-state index is 0.190. The summed E-state index contributed by atoms with van der Waals surface area (Å²) in [6, 6.07) is 0. The Labute approximate surface area is 96.8 Å². The maximum atomic E-state index is 11.9. The molecule has 1 saturated carbocycles. The molecule has 1 aliphatic rings. The molecule has 1 fully saturated rings. The van der Waals surface area contributed by atoms with Crippen molar-refractivity contribution in [2.24, 2.45) is 0 Å². The van der Waals surface area contributed by atoms with Crippen LogP contribution in [-0.4, -0.2) is 29.5 Å². The van der Waals surface area contributed by atoms with Crippen molar-refractivity contribution in [2.45, 2.75) is 29.7 Å². The largest absolute Gasteiger partial charge is 0.284 e. The van der Waals surface area contributed by atoms with Crippen LogP contribution in [0.4, 0.5) is 0 Å². The third-order valence-electron chi connectivity index (χ3n) is 2.70. The van der Waals surface area contributed by atoms with Crippen LogP contribution < -0.4 is 4.72 Å². The lowest BCUT2D eigenvalue weighted by Crippen LogP contribution is -2.54. The second kappa shape index (κ2) is 3.88. The lowest BCUT2D eigenvalue weighted by Gasteiger charge is -2.40. The number of halogens is 1. The average molecular weight is 294 g/mol. The highest BCUT2D eigenvalue weighted by Crippen LogP contribution is 2.34. The van der Waals surface area contributed by atoms with Gasteiger partial charge in [0.15, 0.2) is 0 Å². The molecule has 0 radical (unpaired) electrons. The second-order valence-corrected chi connectivity index (χ2v) is 6.05. The van der Waals surface area contributed by atoms with Crippen molar-refractivity contribution in [1.82, 2.24) is 14.9 Å². The van der Waals surface area contributed by atoms with Gasteiger partial charge in [0.25, 0.3) is 0 Å². The van der Waals surface area contributed by atoms with Crippen LogP contribution >= 0.6 is 15.9 Å². The zero-order valence-electron chi connectivity index (χ0n) is 8.03. The number of aromatic amines is 1. The van der Waals surface area contributed by atoms with E-state index in [0.29, 0.717) is 5.33 Å². The molecule has 15 heavy (non-hydrogen) atoms. The molecule has 0 amide bonds. The molecular formula is C8H12BrN3O2S. The van der Waals surface area contributed by atoms with Crippen molar-refractivity contribution in [1.29, 1.82) is 0 Å². The van der Waals surface area contributed by atoms with Crippen LogP contribution in [0.5, 0.6) is 0 Å². The van der Waals surface area contributed by atoms with Crippen LogP contribution in [0.2, 0.25) is 0 Å². The molecule has 5 nitrogen and oxygen atoms in total. The smallest absolute Gasteiger partial charge is 0.244 e.